The molecular formula is C19H19N3O4S. The van der Waals surface area contributed by atoms with E-state index in [-0.39, 0.29) is 5.91 Å². The third-order valence-corrected chi connectivity index (χ3v) is 4.35. The first-order chi connectivity index (χ1) is 13.2. The second-order valence-corrected chi connectivity index (χ2v) is 6.37. The lowest BCUT2D eigenvalue weighted by Crippen LogP contribution is -2.19. The maximum atomic E-state index is 11.1. The van der Waals surface area contributed by atoms with Crippen LogP contribution in [0.2, 0.25) is 0 Å². The van der Waals surface area contributed by atoms with Gasteiger partial charge in [0, 0.05) is 0 Å². The molecule has 1 aliphatic heterocycles. The molecule has 0 spiro atoms. The van der Waals surface area contributed by atoms with Gasteiger partial charge >= 0.3 is 0 Å². The Morgan fingerprint density at radius 1 is 1.11 bits per heavy atom. The van der Waals surface area contributed by atoms with E-state index in [0.29, 0.717) is 35.6 Å². The van der Waals surface area contributed by atoms with Crippen LogP contribution >= 0.6 is 11.8 Å². The molecule has 3 rings (SSSR count). The van der Waals surface area contributed by atoms with Crippen molar-refractivity contribution in [2.24, 2.45) is 10.2 Å². The monoisotopic (exact) mass is 385 g/mol. The largest absolute Gasteiger partial charge is 0.493 e. The van der Waals surface area contributed by atoms with E-state index in [1.807, 2.05) is 42.5 Å². The van der Waals surface area contributed by atoms with Gasteiger partial charge in [0.25, 0.3) is 0 Å². The fraction of sp³-hybridized carbons (Fsp3) is 0.211. The molecule has 0 bridgehead atoms. The maximum Gasteiger partial charge on any atom is 0.236 e. The van der Waals surface area contributed by atoms with Crippen molar-refractivity contribution in [1.82, 2.24) is 5.32 Å². The summed E-state index contributed by atoms with van der Waals surface area (Å²) in [5.74, 6) is 2.33. The van der Waals surface area contributed by atoms with Crippen LogP contribution in [0, 0.1) is 0 Å². The van der Waals surface area contributed by atoms with Crippen molar-refractivity contribution in [3.8, 4) is 17.2 Å². The molecule has 8 heteroatoms. The number of carbonyl (C=O) groups is 1. The van der Waals surface area contributed by atoms with Crippen molar-refractivity contribution >= 4 is 29.1 Å². The fourth-order valence-corrected chi connectivity index (χ4v) is 2.87. The van der Waals surface area contributed by atoms with Crippen molar-refractivity contribution in [1.29, 1.82) is 0 Å². The highest BCUT2D eigenvalue weighted by Crippen LogP contribution is 2.27. The highest BCUT2D eigenvalue weighted by atomic mass is 32.2. The molecule has 0 aliphatic carbocycles. The molecular weight excluding hydrogens is 366 g/mol. The molecule has 1 aliphatic rings. The number of thioether (sulfide) groups is 1. The highest BCUT2D eigenvalue weighted by molar-refractivity contribution is 8.15. The maximum absolute atomic E-state index is 11.1. The summed E-state index contributed by atoms with van der Waals surface area (Å²) in [6.45, 7) is 0.820. The number of nitrogens with one attached hydrogen (secondary N) is 1. The van der Waals surface area contributed by atoms with Crippen LogP contribution in [-0.2, 0) is 4.79 Å². The Balaban J connectivity index is 1.53. The number of carbonyl (C=O) groups excluding carboxylic acids is 1. The zero-order valence-electron chi connectivity index (χ0n) is 14.8. The van der Waals surface area contributed by atoms with Gasteiger partial charge in [-0.15, -0.1) is 5.10 Å². The molecule has 0 atom stereocenters. The molecule has 2 aromatic rings. The quantitative estimate of drug-likeness (QED) is 0.429. The SMILES string of the molecule is COc1cc(C=NN=C2NC(=O)CS2)ccc1OCCOc1ccccc1. The summed E-state index contributed by atoms with van der Waals surface area (Å²) in [5.41, 5.74) is 0.804. The molecule has 0 aromatic heterocycles. The van der Waals surface area contributed by atoms with Crippen LogP contribution in [0.1, 0.15) is 5.56 Å². The van der Waals surface area contributed by atoms with Gasteiger partial charge in [-0.2, -0.15) is 5.10 Å². The average molecular weight is 385 g/mol. The van der Waals surface area contributed by atoms with E-state index < -0.39 is 0 Å². The van der Waals surface area contributed by atoms with E-state index in [1.54, 1.807) is 19.4 Å². The number of rotatable bonds is 8. The first kappa shape index (κ1) is 18.8. The van der Waals surface area contributed by atoms with Crippen LogP contribution in [0.4, 0.5) is 0 Å². The topological polar surface area (TPSA) is 81.5 Å². The lowest BCUT2D eigenvalue weighted by Gasteiger charge is -2.12. The third kappa shape index (κ3) is 5.75. The second kappa shape index (κ2) is 9.63. The lowest BCUT2D eigenvalue weighted by atomic mass is 10.2. The molecule has 27 heavy (non-hydrogen) atoms. The number of ether oxygens (including phenoxy) is 3. The Morgan fingerprint density at radius 3 is 2.67 bits per heavy atom. The number of hydrogen-bond donors (Lipinski definition) is 1. The van der Waals surface area contributed by atoms with Crippen molar-refractivity contribution < 1.29 is 19.0 Å². The summed E-state index contributed by atoms with van der Waals surface area (Å²) in [6, 6.07) is 15.0. The molecule has 1 saturated heterocycles. The predicted molar refractivity (Wildman–Crippen MR) is 106 cm³/mol. The number of methoxy groups -OCH3 is 1. The molecule has 0 saturated carbocycles. The van der Waals surface area contributed by atoms with Crippen molar-refractivity contribution in [3.05, 3.63) is 54.1 Å². The van der Waals surface area contributed by atoms with Gasteiger partial charge in [0.2, 0.25) is 5.91 Å². The van der Waals surface area contributed by atoms with Crippen LogP contribution in [0.3, 0.4) is 0 Å². The number of amides is 1. The van der Waals surface area contributed by atoms with E-state index in [4.69, 9.17) is 14.2 Å². The minimum absolute atomic E-state index is 0.0617. The van der Waals surface area contributed by atoms with Crippen LogP contribution in [-0.4, -0.2) is 43.4 Å². The molecule has 1 amide bonds. The summed E-state index contributed by atoms with van der Waals surface area (Å²) in [6.07, 6.45) is 1.59. The van der Waals surface area contributed by atoms with Crippen molar-refractivity contribution in [2.75, 3.05) is 26.1 Å². The highest BCUT2D eigenvalue weighted by Gasteiger charge is 2.15. The normalized spacial score (nSPS) is 15.1. The zero-order valence-corrected chi connectivity index (χ0v) is 15.6. The molecule has 2 aromatic carbocycles. The van der Waals surface area contributed by atoms with Crippen molar-refractivity contribution in [2.45, 2.75) is 0 Å². The van der Waals surface area contributed by atoms with Gasteiger partial charge in [0.1, 0.15) is 19.0 Å². The molecule has 1 fully saturated rings. The summed E-state index contributed by atoms with van der Waals surface area (Å²) < 4.78 is 16.7. The molecule has 0 radical (unpaired) electrons. The summed E-state index contributed by atoms with van der Waals surface area (Å²) in [7, 11) is 1.58. The van der Waals surface area contributed by atoms with Gasteiger partial charge in [0.15, 0.2) is 16.7 Å². The standard InChI is InChI=1S/C19H19N3O4S/c1-24-17-11-14(12-20-22-19-21-18(23)13-27-19)7-8-16(17)26-10-9-25-15-5-3-2-4-6-15/h2-8,11-12H,9-10,13H2,1H3,(H,21,22,23). The van der Waals surface area contributed by atoms with E-state index in [9.17, 15) is 4.79 Å². The number of para-hydroxylation sites is 1. The Bertz CT molecular complexity index is 840. The van der Waals surface area contributed by atoms with E-state index in [1.165, 1.54) is 11.8 Å². The molecule has 0 unspecified atom stereocenters. The lowest BCUT2D eigenvalue weighted by molar-refractivity contribution is -0.116. The number of nitrogens with zero attached hydrogens (tertiary/aromatic N) is 2. The van der Waals surface area contributed by atoms with Crippen LogP contribution < -0.4 is 19.5 Å². The Morgan fingerprint density at radius 2 is 1.93 bits per heavy atom. The first-order valence-corrected chi connectivity index (χ1v) is 9.25. The van der Waals surface area contributed by atoms with Crippen LogP contribution in [0.25, 0.3) is 0 Å². The van der Waals surface area contributed by atoms with Crippen LogP contribution in [0.5, 0.6) is 17.2 Å². The van der Waals surface area contributed by atoms with E-state index in [2.05, 4.69) is 15.5 Å². The number of amidine groups is 1. The smallest absolute Gasteiger partial charge is 0.236 e. The predicted octanol–water partition coefficient (Wildman–Crippen LogP) is 2.71. The number of hydrogen-bond acceptors (Lipinski definition) is 7. The third-order valence-electron chi connectivity index (χ3n) is 3.48. The van der Waals surface area contributed by atoms with Gasteiger partial charge in [-0.25, -0.2) is 0 Å². The average Bonchev–Trinajstić information content (AvgIpc) is 3.11. The zero-order chi connectivity index (χ0) is 18.9. The van der Waals surface area contributed by atoms with E-state index >= 15 is 0 Å². The minimum atomic E-state index is -0.0617. The second-order valence-electron chi connectivity index (χ2n) is 5.41. The summed E-state index contributed by atoms with van der Waals surface area (Å²) >= 11 is 1.32. The number of benzene rings is 2. The summed E-state index contributed by atoms with van der Waals surface area (Å²) in [5, 5.41) is 11.1. The molecule has 140 valence electrons. The molecule has 7 nitrogen and oxygen atoms in total. The van der Waals surface area contributed by atoms with Gasteiger partial charge in [0.05, 0.1) is 19.1 Å². The van der Waals surface area contributed by atoms with Gasteiger partial charge in [-0.1, -0.05) is 30.0 Å². The van der Waals surface area contributed by atoms with Gasteiger partial charge in [-0.05, 0) is 35.9 Å². The molecule has 1 N–H and O–H groups in total. The first-order valence-electron chi connectivity index (χ1n) is 8.27. The van der Waals surface area contributed by atoms with Crippen molar-refractivity contribution in [3.63, 3.8) is 0 Å². The summed E-state index contributed by atoms with van der Waals surface area (Å²) in [4.78, 5) is 11.1. The Kier molecular flexibility index (Phi) is 6.70. The molecule has 1 heterocycles. The Labute approximate surface area is 161 Å². The van der Waals surface area contributed by atoms with Crippen LogP contribution in [0.15, 0.2) is 58.7 Å². The van der Waals surface area contributed by atoms with Gasteiger partial charge < -0.3 is 19.5 Å². The Hall–Kier alpha value is -3.00. The van der Waals surface area contributed by atoms with Gasteiger partial charge in [-0.3, -0.25) is 4.79 Å². The van der Waals surface area contributed by atoms with E-state index in [0.717, 1.165) is 11.3 Å². The fourth-order valence-electron chi connectivity index (χ4n) is 2.24. The minimum Gasteiger partial charge on any atom is -0.493 e.